The Balaban J connectivity index is 2.17. The molecule has 0 amide bonds. The predicted molar refractivity (Wildman–Crippen MR) is 89.3 cm³/mol. The van der Waals surface area contributed by atoms with Crippen molar-refractivity contribution < 1.29 is 8.42 Å². The maximum absolute atomic E-state index is 12.2. The Morgan fingerprint density at radius 3 is 2.41 bits per heavy atom. The van der Waals surface area contributed by atoms with Gasteiger partial charge < -0.3 is 4.90 Å². The van der Waals surface area contributed by atoms with Crippen molar-refractivity contribution in [1.29, 1.82) is 0 Å². The fourth-order valence-electron chi connectivity index (χ4n) is 1.78. The highest BCUT2D eigenvalue weighted by atomic mass is 79.9. The number of halogens is 1. The van der Waals surface area contributed by atoms with Crippen LogP contribution in [0.4, 0.5) is 5.82 Å². The highest BCUT2D eigenvalue weighted by Gasteiger charge is 2.14. The van der Waals surface area contributed by atoms with Crippen molar-refractivity contribution in [3.05, 3.63) is 46.3 Å². The van der Waals surface area contributed by atoms with Crippen molar-refractivity contribution in [2.24, 2.45) is 0 Å². The van der Waals surface area contributed by atoms with E-state index in [9.17, 15) is 8.42 Å². The van der Waals surface area contributed by atoms with Gasteiger partial charge in [0, 0.05) is 30.3 Å². The normalized spacial score (nSPS) is 11.5. The largest absolute Gasteiger partial charge is 0.363 e. The number of sulfonamides is 1. The van der Waals surface area contributed by atoms with E-state index in [0.29, 0.717) is 5.82 Å². The molecule has 22 heavy (non-hydrogen) atoms. The first-order valence-electron chi connectivity index (χ1n) is 6.55. The van der Waals surface area contributed by atoms with Gasteiger partial charge in [0.2, 0.25) is 10.0 Å². The second-order valence-electron chi connectivity index (χ2n) is 4.96. The molecule has 1 aromatic carbocycles. The van der Waals surface area contributed by atoms with Crippen molar-refractivity contribution in [2.45, 2.75) is 18.4 Å². The van der Waals surface area contributed by atoms with Gasteiger partial charge in [-0.15, -0.1) is 0 Å². The van der Waals surface area contributed by atoms with Crippen LogP contribution >= 0.6 is 15.9 Å². The fraction of sp³-hybridized carbons (Fsp3) is 0.286. The fourth-order valence-corrected chi connectivity index (χ4v) is 3.02. The Morgan fingerprint density at radius 2 is 1.82 bits per heavy atom. The first-order chi connectivity index (χ1) is 10.3. The number of hydrogen-bond donors (Lipinski definition) is 1. The van der Waals surface area contributed by atoms with E-state index in [0.717, 1.165) is 16.0 Å². The van der Waals surface area contributed by atoms with E-state index in [1.54, 1.807) is 12.1 Å². The van der Waals surface area contributed by atoms with Gasteiger partial charge in [-0.2, -0.15) is 0 Å². The first kappa shape index (κ1) is 16.9. The van der Waals surface area contributed by atoms with Crippen LogP contribution in [0.5, 0.6) is 0 Å². The van der Waals surface area contributed by atoms with Crippen molar-refractivity contribution >= 4 is 31.8 Å². The zero-order valence-corrected chi connectivity index (χ0v) is 14.9. The van der Waals surface area contributed by atoms with Gasteiger partial charge in [0.25, 0.3) is 0 Å². The summed E-state index contributed by atoms with van der Waals surface area (Å²) in [7, 11) is 0.160. The molecule has 0 aliphatic carbocycles. The first-order valence-corrected chi connectivity index (χ1v) is 8.83. The average molecular weight is 385 g/mol. The molecule has 0 saturated carbocycles. The number of nitrogens with zero attached hydrogens (tertiary/aromatic N) is 3. The van der Waals surface area contributed by atoms with Gasteiger partial charge in [-0.3, -0.25) is 0 Å². The van der Waals surface area contributed by atoms with Crippen LogP contribution in [-0.2, 0) is 16.6 Å². The number of hydrogen-bond acceptors (Lipinski definition) is 5. The standard InChI is InChI=1S/C14H17BrN4O2S/c1-10-8-14(19(2)3)18-13(17-10)9-16-22(20,21)12-6-4-11(15)5-7-12/h4-8,16H,9H2,1-3H3. The van der Waals surface area contributed by atoms with E-state index in [-0.39, 0.29) is 11.4 Å². The quantitative estimate of drug-likeness (QED) is 0.853. The molecular weight excluding hydrogens is 368 g/mol. The number of aryl methyl sites for hydroxylation is 1. The van der Waals surface area contributed by atoms with Crippen LogP contribution in [0.25, 0.3) is 0 Å². The van der Waals surface area contributed by atoms with Gasteiger partial charge in [-0.05, 0) is 31.2 Å². The van der Waals surface area contributed by atoms with Gasteiger partial charge in [0.1, 0.15) is 11.6 Å². The Morgan fingerprint density at radius 1 is 1.18 bits per heavy atom. The van der Waals surface area contributed by atoms with Gasteiger partial charge in [0.05, 0.1) is 11.4 Å². The average Bonchev–Trinajstić information content (AvgIpc) is 2.45. The van der Waals surface area contributed by atoms with Crippen LogP contribution in [-0.4, -0.2) is 32.5 Å². The van der Waals surface area contributed by atoms with Crippen molar-refractivity contribution in [3.63, 3.8) is 0 Å². The van der Waals surface area contributed by atoms with Crippen molar-refractivity contribution in [3.8, 4) is 0 Å². The molecule has 6 nitrogen and oxygen atoms in total. The minimum absolute atomic E-state index is 0.0426. The van der Waals surface area contributed by atoms with Crippen LogP contribution in [0.1, 0.15) is 11.5 Å². The second kappa shape index (κ2) is 6.72. The SMILES string of the molecule is Cc1cc(N(C)C)nc(CNS(=O)(=O)c2ccc(Br)cc2)n1. The lowest BCUT2D eigenvalue weighted by Gasteiger charge is -2.13. The topological polar surface area (TPSA) is 75.2 Å². The summed E-state index contributed by atoms with van der Waals surface area (Å²) in [6, 6.07) is 8.28. The number of benzene rings is 1. The second-order valence-corrected chi connectivity index (χ2v) is 7.64. The monoisotopic (exact) mass is 384 g/mol. The molecule has 118 valence electrons. The van der Waals surface area contributed by atoms with Crippen molar-refractivity contribution in [2.75, 3.05) is 19.0 Å². The van der Waals surface area contributed by atoms with Crippen LogP contribution < -0.4 is 9.62 Å². The molecule has 1 aromatic heterocycles. The summed E-state index contributed by atoms with van der Waals surface area (Å²) < 4.78 is 27.8. The minimum atomic E-state index is -3.59. The molecule has 0 aliphatic rings. The molecule has 8 heteroatoms. The zero-order valence-electron chi connectivity index (χ0n) is 12.5. The van der Waals surface area contributed by atoms with Crippen molar-refractivity contribution in [1.82, 2.24) is 14.7 Å². The third kappa shape index (κ3) is 4.25. The molecule has 0 unspecified atom stereocenters. The summed E-state index contributed by atoms with van der Waals surface area (Å²) >= 11 is 3.28. The van der Waals surface area contributed by atoms with Gasteiger partial charge in [0.15, 0.2) is 0 Å². The molecule has 2 rings (SSSR count). The molecule has 0 saturated heterocycles. The summed E-state index contributed by atoms with van der Waals surface area (Å²) in [4.78, 5) is 10.6. The maximum Gasteiger partial charge on any atom is 0.240 e. The predicted octanol–water partition coefficient (Wildman–Crippen LogP) is 2.09. The third-order valence-electron chi connectivity index (χ3n) is 2.89. The summed E-state index contributed by atoms with van der Waals surface area (Å²) in [5.41, 5.74) is 0.788. The van der Waals surface area contributed by atoms with Gasteiger partial charge in [-0.1, -0.05) is 15.9 Å². The number of aromatic nitrogens is 2. The third-order valence-corrected chi connectivity index (χ3v) is 4.84. The lowest BCUT2D eigenvalue weighted by molar-refractivity contribution is 0.579. The lowest BCUT2D eigenvalue weighted by Crippen LogP contribution is -2.25. The Labute approximate surface area is 138 Å². The summed E-state index contributed by atoms with van der Waals surface area (Å²) in [5, 5.41) is 0. The number of anilines is 1. The van der Waals surface area contributed by atoms with Crippen LogP contribution in [0, 0.1) is 6.92 Å². The van der Waals surface area contributed by atoms with Gasteiger partial charge in [-0.25, -0.2) is 23.1 Å². The molecule has 1 N–H and O–H groups in total. The van der Waals surface area contributed by atoms with E-state index in [2.05, 4.69) is 30.6 Å². The van der Waals surface area contributed by atoms with E-state index in [4.69, 9.17) is 0 Å². The Bertz CT molecular complexity index is 761. The molecule has 0 spiro atoms. The zero-order chi connectivity index (χ0) is 16.3. The summed E-state index contributed by atoms with van der Waals surface area (Å²) in [6.07, 6.45) is 0. The summed E-state index contributed by atoms with van der Waals surface area (Å²) in [6.45, 7) is 1.89. The van der Waals surface area contributed by atoms with Crippen LogP contribution in [0.15, 0.2) is 39.7 Å². The Hall–Kier alpha value is -1.51. The highest BCUT2D eigenvalue weighted by molar-refractivity contribution is 9.10. The molecule has 0 aliphatic heterocycles. The van der Waals surface area contributed by atoms with E-state index >= 15 is 0 Å². The number of rotatable bonds is 5. The number of nitrogens with one attached hydrogen (secondary N) is 1. The van der Waals surface area contributed by atoms with E-state index < -0.39 is 10.0 Å². The lowest BCUT2D eigenvalue weighted by atomic mass is 10.4. The summed E-state index contributed by atoms with van der Waals surface area (Å²) in [5.74, 6) is 1.18. The Kier molecular flexibility index (Phi) is 5.15. The minimum Gasteiger partial charge on any atom is -0.363 e. The smallest absolute Gasteiger partial charge is 0.240 e. The molecule has 0 bridgehead atoms. The molecular formula is C14H17BrN4O2S. The molecule has 0 radical (unpaired) electrons. The maximum atomic E-state index is 12.2. The highest BCUT2D eigenvalue weighted by Crippen LogP contribution is 2.15. The van der Waals surface area contributed by atoms with Gasteiger partial charge >= 0.3 is 0 Å². The molecule has 0 fully saturated rings. The van der Waals surface area contributed by atoms with E-state index in [1.807, 2.05) is 32.0 Å². The molecule has 0 atom stereocenters. The van der Waals surface area contributed by atoms with Crippen LogP contribution in [0.3, 0.4) is 0 Å². The van der Waals surface area contributed by atoms with Crippen LogP contribution in [0.2, 0.25) is 0 Å². The molecule has 1 heterocycles. The molecule has 2 aromatic rings. The van der Waals surface area contributed by atoms with E-state index in [1.165, 1.54) is 12.1 Å².